The maximum absolute atomic E-state index is 12.1. The molecule has 0 spiro atoms. The SMILES string of the molecule is O=C(NCCS)c1cc(C(=O)NCCS)cc(C(=O)OCCS)c1. The first-order chi connectivity index (χ1) is 11.5. The molecular weight excluding hydrogens is 368 g/mol. The smallest absolute Gasteiger partial charge is 0.338 e. The average molecular weight is 389 g/mol. The van der Waals surface area contributed by atoms with Gasteiger partial charge in [0.25, 0.3) is 11.8 Å². The van der Waals surface area contributed by atoms with Crippen molar-refractivity contribution >= 4 is 55.7 Å². The Kier molecular flexibility index (Phi) is 9.73. The van der Waals surface area contributed by atoms with Crippen LogP contribution in [0.15, 0.2) is 18.2 Å². The third-order valence-electron chi connectivity index (χ3n) is 2.81. The van der Waals surface area contributed by atoms with Crippen molar-refractivity contribution < 1.29 is 19.1 Å². The summed E-state index contributed by atoms with van der Waals surface area (Å²) in [6, 6.07) is 4.21. The van der Waals surface area contributed by atoms with E-state index in [0.29, 0.717) is 30.3 Å². The van der Waals surface area contributed by atoms with E-state index in [1.165, 1.54) is 18.2 Å². The van der Waals surface area contributed by atoms with Gasteiger partial charge in [0.15, 0.2) is 0 Å². The van der Waals surface area contributed by atoms with Crippen LogP contribution in [0.25, 0.3) is 0 Å². The summed E-state index contributed by atoms with van der Waals surface area (Å²) in [4.78, 5) is 36.3. The van der Waals surface area contributed by atoms with Gasteiger partial charge in [-0.25, -0.2) is 4.79 Å². The van der Waals surface area contributed by atoms with Gasteiger partial charge < -0.3 is 15.4 Å². The molecule has 2 amide bonds. The van der Waals surface area contributed by atoms with Crippen LogP contribution in [0.5, 0.6) is 0 Å². The van der Waals surface area contributed by atoms with Crippen molar-refractivity contribution in [2.75, 3.05) is 37.0 Å². The molecule has 6 nitrogen and oxygen atoms in total. The molecule has 0 bridgehead atoms. The van der Waals surface area contributed by atoms with Gasteiger partial charge in [-0.3, -0.25) is 9.59 Å². The van der Waals surface area contributed by atoms with Gasteiger partial charge in [0.05, 0.1) is 5.56 Å². The summed E-state index contributed by atoms with van der Waals surface area (Å²) < 4.78 is 5.01. The standard InChI is InChI=1S/C15H20N2O4S3/c18-13(16-1-4-22)10-7-11(14(19)17-2-5-23)9-12(8-10)15(20)21-3-6-24/h7-9,22-24H,1-6H2,(H,16,18)(H,17,19). The van der Waals surface area contributed by atoms with Crippen LogP contribution in [-0.2, 0) is 4.74 Å². The summed E-state index contributed by atoms with van der Waals surface area (Å²) in [7, 11) is 0. The summed E-state index contributed by atoms with van der Waals surface area (Å²) in [5.74, 6) is -0.0677. The number of amides is 2. The third kappa shape index (κ3) is 6.66. The summed E-state index contributed by atoms with van der Waals surface area (Å²) >= 11 is 12.0. The van der Waals surface area contributed by atoms with Gasteiger partial charge in [0.2, 0.25) is 0 Å². The minimum absolute atomic E-state index is 0.131. The highest BCUT2D eigenvalue weighted by atomic mass is 32.1. The molecule has 0 fully saturated rings. The van der Waals surface area contributed by atoms with E-state index in [2.05, 4.69) is 48.5 Å². The molecule has 0 aliphatic rings. The number of rotatable bonds is 9. The summed E-state index contributed by atoms with van der Waals surface area (Å²) in [6.45, 7) is 0.883. The van der Waals surface area contributed by atoms with E-state index in [1.807, 2.05) is 0 Å². The maximum Gasteiger partial charge on any atom is 0.338 e. The predicted octanol–water partition coefficient (Wildman–Crippen LogP) is 1.09. The lowest BCUT2D eigenvalue weighted by Crippen LogP contribution is -2.28. The molecule has 1 aromatic carbocycles. The second kappa shape index (κ2) is 11.3. The zero-order valence-corrected chi connectivity index (χ0v) is 15.6. The minimum Gasteiger partial charge on any atom is -0.461 e. The molecule has 1 aromatic rings. The highest BCUT2D eigenvalue weighted by Gasteiger charge is 2.17. The molecule has 0 heterocycles. The van der Waals surface area contributed by atoms with Gasteiger partial charge in [0.1, 0.15) is 6.61 Å². The van der Waals surface area contributed by atoms with Crippen LogP contribution in [0.3, 0.4) is 0 Å². The Balaban J connectivity index is 3.11. The fourth-order valence-corrected chi connectivity index (χ4v) is 2.09. The molecule has 0 radical (unpaired) electrons. The van der Waals surface area contributed by atoms with Crippen LogP contribution in [-0.4, -0.2) is 54.7 Å². The van der Waals surface area contributed by atoms with E-state index < -0.39 is 17.8 Å². The molecule has 24 heavy (non-hydrogen) atoms. The number of nitrogens with one attached hydrogen (secondary N) is 2. The first kappa shape index (κ1) is 20.7. The normalized spacial score (nSPS) is 10.1. The van der Waals surface area contributed by atoms with Gasteiger partial charge >= 0.3 is 5.97 Å². The highest BCUT2D eigenvalue weighted by Crippen LogP contribution is 2.13. The lowest BCUT2D eigenvalue weighted by molar-refractivity contribution is 0.0530. The fourth-order valence-electron chi connectivity index (χ4n) is 1.77. The van der Waals surface area contributed by atoms with Crippen molar-refractivity contribution in [3.63, 3.8) is 0 Å². The Labute approximate surface area is 157 Å². The summed E-state index contributed by atoms with van der Waals surface area (Å²) in [5.41, 5.74) is 0.535. The molecule has 2 N–H and O–H groups in total. The lowest BCUT2D eigenvalue weighted by Gasteiger charge is -2.10. The van der Waals surface area contributed by atoms with Crippen molar-refractivity contribution in [2.24, 2.45) is 0 Å². The number of ether oxygens (including phenoxy) is 1. The number of carbonyl (C=O) groups is 3. The zero-order valence-electron chi connectivity index (χ0n) is 12.9. The van der Waals surface area contributed by atoms with E-state index in [9.17, 15) is 14.4 Å². The molecular formula is C15H20N2O4S3. The predicted molar refractivity (Wildman–Crippen MR) is 103 cm³/mol. The monoisotopic (exact) mass is 388 g/mol. The van der Waals surface area contributed by atoms with Gasteiger partial charge in [-0.15, -0.1) is 0 Å². The van der Waals surface area contributed by atoms with Crippen molar-refractivity contribution in [3.05, 3.63) is 34.9 Å². The summed E-state index contributed by atoms with van der Waals surface area (Å²) in [5, 5.41) is 5.29. The first-order valence-corrected chi connectivity index (χ1v) is 9.14. The molecule has 0 aliphatic carbocycles. The first-order valence-electron chi connectivity index (χ1n) is 7.24. The number of esters is 1. The van der Waals surface area contributed by atoms with Crippen molar-refractivity contribution in [1.29, 1.82) is 0 Å². The van der Waals surface area contributed by atoms with Crippen LogP contribution in [0.4, 0.5) is 0 Å². The van der Waals surface area contributed by atoms with Crippen LogP contribution >= 0.6 is 37.9 Å². The summed E-state index contributed by atoms with van der Waals surface area (Å²) in [6.07, 6.45) is 0. The highest BCUT2D eigenvalue weighted by molar-refractivity contribution is 7.80. The second-order valence-electron chi connectivity index (χ2n) is 4.62. The van der Waals surface area contributed by atoms with E-state index in [0.717, 1.165) is 0 Å². The van der Waals surface area contributed by atoms with Crippen molar-refractivity contribution in [2.45, 2.75) is 0 Å². The molecule has 0 atom stereocenters. The Morgan fingerprint density at radius 1 is 0.792 bits per heavy atom. The van der Waals surface area contributed by atoms with Gasteiger partial charge in [-0.1, -0.05) is 0 Å². The number of hydrogen-bond donors (Lipinski definition) is 5. The molecule has 132 valence electrons. The zero-order chi connectivity index (χ0) is 17.9. The van der Waals surface area contributed by atoms with Crippen molar-refractivity contribution in [1.82, 2.24) is 10.6 Å². The second-order valence-corrected chi connectivity index (χ2v) is 5.96. The Morgan fingerprint density at radius 2 is 1.25 bits per heavy atom. The fraction of sp³-hybridized carbons (Fsp3) is 0.400. The topological polar surface area (TPSA) is 84.5 Å². The molecule has 0 aliphatic heterocycles. The molecule has 0 saturated carbocycles. The molecule has 0 saturated heterocycles. The molecule has 0 unspecified atom stereocenters. The number of carbonyl (C=O) groups excluding carboxylic acids is 3. The largest absolute Gasteiger partial charge is 0.461 e. The maximum atomic E-state index is 12.1. The number of benzene rings is 1. The number of thiol groups is 3. The molecule has 1 rings (SSSR count). The van der Waals surface area contributed by atoms with Crippen LogP contribution in [0, 0.1) is 0 Å². The molecule has 9 heteroatoms. The van der Waals surface area contributed by atoms with E-state index in [4.69, 9.17) is 4.74 Å². The van der Waals surface area contributed by atoms with Crippen LogP contribution in [0.1, 0.15) is 31.1 Å². The van der Waals surface area contributed by atoms with Crippen molar-refractivity contribution in [3.8, 4) is 0 Å². The molecule has 0 aromatic heterocycles. The van der Waals surface area contributed by atoms with Crippen LogP contribution in [0.2, 0.25) is 0 Å². The van der Waals surface area contributed by atoms with Gasteiger partial charge in [-0.05, 0) is 18.2 Å². The van der Waals surface area contributed by atoms with Gasteiger partial charge in [0, 0.05) is 41.5 Å². The van der Waals surface area contributed by atoms with Crippen LogP contribution < -0.4 is 10.6 Å². The number of hydrogen-bond acceptors (Lipinski definition) is 7. The Morgan fingerprint density at radius 3 is 1.67 bits per heavy atom. The van der Waals surface area contributed by atoms with E-state index in [1.54, 1.807) is 0 Å². The van der Waals surface area contributed by atoms with Gasteiger partial charge in [-0.2, -0.15) is 37.9 Å². The lowest BCUT2D eigenvalue weighted by atomic mass is 10.0. The quantitative estimate of drug-likeness (QED) is 0.324. The average Bonchev–Trinajstić information content (AvgIpc) is 2.61. The minimum atomic E-state index is -0.615. The third-order valence-corrected chi connectivity index (χ3v) is 3.44. The van der Waals surface area contributed by atoms with E-state index >= 15 is 0 Å². The Hall–Kier alpha value is -1.32. The van der Waals surface area contributed by atoms with E-state index in [-0.39, 0.29) is 23.3 Å². The Bertz CT molecular complexity index is 503.